The highest BCUT2D eigenvalue weighted by atomic mass is 15.2. The molecule has 0 amide bonds. The van der Waals surface area contributed by atoms with E-state index in [2.05, 4.69) is 181 Å². The maximum Gasteiger partial charge on any atom is 0.159 e. The molecule has 0 saturated carbocycles. The summed E-state index contributed by atoms with van der Waals surface area (Å²) in [7, 11) is 0. The zero-order valence-electron chi connectivity index (χ0n) is 32.4. The van der Waals surface area contributed by atoms with Crippen molar-refractivity contribution in [2.45, 2.75) is 25.4 Å². The summed E-state index contributed by atoms with van der Waals surface area (Å²) < 4.78 is 2.54. The molecule has 1 aromatic heterocycles. The van der Waals surface area contributed by atoms with Gasteiger partial charge in [0.15, 0.2) is 5.84 Å². The van der Waals surface area contributed by atoms with Gasteiger partial charge in [0.05, 0.1) is 11.2 Å². The molecule has 1 N–H and O–H groups in total. The quantitative estimate of drug-likeness (QED) is 0.187. The lowest BCUT2D eigenvalue weighted by Gasteiger charge is -2.28. The van der Waals surface area contributed by atoms with E-state index in [0.717, 1.165) is 39.3 Å². The Hall–Kier alpha value is -7.30. The smallest absolute Gasteiger partial charge is 0.159 e. The molecule has 0 saturated heterocycles. The number of benzene rings is 8. The third kappa shape index (κ3) is 5.44. The van der Waals surface area contributed by atoms with Crippen LogP contribution < -0.4 is 5.32 Å². The number of aromatic nitrogens is 1. The third-order valence-electron chi connectivity index (χ3n) is 12.0. The number of nitrogens with one attached hydrogen (secondary N) is 1. The van der Waals surface area contributed by atoms with Crippen LogP contribution in [0.3, 0.4) is 0 Å². The number of amidine groups is 2. The van der Waals surface area contributed by atoms with Crippen molar-refractivity contribution in [2.75, 3.05) is 0 Å². The molecule has 58 heavy (non-hydrogen) atoms. The van der Waals surface area contributed by atoms with Gasteiger partial charge in [-0.1, -0.05) is 190 Å². The van der Waals surface area contributed by atoms with Gasteiger partial charge in [0.2, 0.25) is 0 Å². The zero-order chi connectivity index (χ0) is 38.8. The van der Waals surface area contributed by atoms with Gasteiger partial charge < -0.3 is 9.88 Å². The largest absolute Gasteiger partial charge is 0.344 e. The first kappa shape index (κ1) is 34.0. The predicted molar refractivity (Wildman–Crippen MR) is 241 cm³/mol. The number of nitrogens with zero attached hydrogens (tertiary/aromatic N) is 3. The lowest BCUT2D eigenvalue weighted by Crippen LogP contribution is -2.33. The fraction of sp³-hybridized carbons (Fsp3) is 0.0741. The monoisotopic (exact) mass is 744 g/mol. The van der Waals surface area contributed by atoms with E-state index in [1.54, 1.807) is 0 Å². The van der Waals surface area contributed by atoms with E-state index in [-0.39, 0.29) is 11.6 Å². The molecule has 8 aromatic carbocycles. The number of hydrogen-bond acceptors (Lipinski definition) is 3. The Labute approximate surface area is 338 Å². The number of rotatable bonds is 5. The first-order chi connectivity index (χ1) is 28.5. The van der Waals surface area contributed by atoms with E-state index in [9.17, 15) is 0 Å². The Morgan fingerprint density at radius 2 is 1.14 bits per heavy atom. The summed E-state index contributed by atoms with van der Waals surface area (Å²) in [5.41, 5.74) is 15.2. The van der Waals surface area contributed by atoms with Crippen LogP contribution in [0.25, 0.3) is 60.9 Å². The van der Waals surface area contributed by atoms with Crippen molar-refractivity contribution < 1.29 is 0 Å². The average Bonchev–Trinajstić information content (AvgIpc) is 3.61. The molecule has 1 aliphatic heterocycles. The number of fused-ring (bicyclic) bond motifs is 9. The minimum atomic E-state index is -0.318. The Morgan fingerprint density at radius 3 is 1.93 bits per heavy atom. The van der Waals surface area contributed by atoms with Gasteiger partial charge in [-0.05, 0) is 57.0 Å². The topological polar surface area (TPSA) is 41.7 Å². The lowest BCUT2D eigenvalue weighted by atomic mass is 9.75. The van der Waals surface area contributed by atoms with E-state index in [4.69, 9.17) is 9.98 Å². The minimum Gasteiger partial charge on any atom is -0.344 e. The first-order valence-electron chi connectivity index (χ1n) is 20.0. The Balaban J connectivity index is 1.10. The van der Waals surface area contributed by atoms with Crippen LogP contribution in [0.2, 0.25) is 0 Å². The Bertz CT molecular complexity index is 3110. The van der Waals surface area contributed by atoms with Gasteiger partial charge in [0, 0.05) is 44.1 Å². The van der Waals surface area contributed by atoms with Gasteiger partial charge in [0.25, 0.3) is 0 Å². The van der Waals surface area contributed by atoms with Crippen molar-refractivity contribution in [3.05, 3.63) is 222 Å². The second-order valence-corrected chi connectivity index (χ2v) is 15.8. The van der Waals surface area contributed by atoms with Gasteiger partial charge >= 0.3 is 0 Å². The highest BCUT2D eigenvalue weighted by Gasteiger charge is 2.36. The molecule has 4 nitrogen and oxygen atoms in total. The summed E-state index contributed by atoms with van der Waals surface area (Å²) in [6.45, 7) is 4.74. The summed E-state index contributed by atoms with van der Waals surface area (Å²) in [6, 6.07) is 69.8. The first-order valence-corrected chi connectivity index (χ1v) is 20.0. The van der Waals surface area contributed by atoms with Crippen molar-refractivity contribution in [2.24, 2.45) is 9.98 Å². The van der Waals surface area contributed by atoms with Gasteiger partial charge in [-0.2, -0.15) is 0 Å². The minimum absolute atomic E-state index is 0.205. The molecule has 2 heterocycles. The van der Waals surface area contributed by atoms with Gasteiger partial charge in [-0.3, -0.25) is 0 Å². The summed E-state index contributed by atoms with van der Waals surface area (Å²) in [5, 5.41) is 7.38. The van der Waals surface area contributed by atoms with Gasteiger partial charge in [-0.25, -0.2) is 9.98 Å². The summed E-state index contributed by atoms with van der Waals surface area (Å²) in [4.78, 5) is 10.2. The molecule has 2 aliphatic rings. The molecule has 1 atom stereocenters. The molecule has 0 radical (unpaired) electrons. The van der Waals surface area contributed by atoms with Crippen molar-refractivity contribution in [1.29, 1.82) is 0 Å². The molecule has 4 heteroatoms. The van der Waals surface area contributed by atoms with Crippen LogP contribution in [0, 0.1) is 0 Å². The molecular weight excluding hydrogens is 705 g/mol. The third-order valence-corrected chi connectivity index (χ3v) is 12.0. The van der Waals surface area contributed by atoms with Crippen LogP contribution in [0.1, 0.15) is 47.8 Å². The highest BCUT2D eigenvalue weighted by molar-refractivity contribution is 6.17. The fourth-order valence-corrected chi connectivity index (χ4v) is 9.25. The number of hydrogen-bond donors (Lipinski definition) is 1. The predicted octanol–water partition coefficient (Wildman–Crippen LogP) is 12.9. The average molecular weight is 745 g/mol. The van der Waals surface area contributed by atoms with Crippen LogP contribution in [0.15, 0.2) is 204 Å². The van der Waals surface area contributed by atoms with Crippen molar-refractivity contribution in [3.63, 3.8) is 0 Å². The fourth-order valence-electron chi connectivity index (χ4n) is 9.25. The normalized spacial score (nSPS) is 15.4. The van der Waals surface area contributed by atoms with E-state index in [0.29, 0.717) is 5.84 Å². The van der Waals surface area contributed by atoms with Crippen molar-refractivity contribution in [3.8, 4) is 39.2 Å². The molecule has 9 aromatic rings. The number of aliphatic imine (C=N–C) groups is 2. The van der Waals surface area contributed by atoms with Crippen molar-refractivity contribution >= 4 is 33.3 Å². The summed E-state index contributed by atoms with van der Waals surface area (Å²) >= 11 is 0. The van der Waals surface area contributed by atoms with Crippen LogP contribution in [0.5, 0.6) is 0 Å². The molecular formula is C54H40N4. The molecule has 0 bridgehead atoms. The Kier molecular flexibility index (Phi) is 7.87. The van der Waals surface area contributed by atoms with E-state index in [1.165, 1.54) is 55.2 Å². The van der Waals surface area contributed by atoms with Gasteiger partial charge in [0.1, 0.15) is 12.0 Å². The second-order valence-electron chi connectivity index (χ2n) is 15.8. The van der Waals surface area contributed by atoms with E-state index < -0.39 is 0 Å². The standard InChI is InChI=1S/C54H40N4/c1-54(2)46-29-13-11-27-43(46)48-45-32-31-35-17-9-10-26-42(35)49(45)58(50(48)44-28-12-14-30-47(44)54)41-25-16-23-39(34-41)38-22-15-24-40(33-38)53-56-51(36-18-5-3-6-19-36)55-52(57-53)37-20-7-4-8-21-37/h3-34,53H,1-2H3,(H,55,56,57). The maximum absolute atomic E-state index is 5.18. The molecule has 0 fully saturated rings. The maximum atomic E-state index is 5.18. The second kappa shape index (κ2) is 13.4. The lowest BCUT2D eigenvalue weighted by molar-refractivity contribution is 0.646. The van der Waals surface area contributed by atoms with E-state index in [1.807, 2.05) is 36.4 Å². The zero-order valence-corrected chi connectivity index (χ0v) is 32.4. The van der Waals surface area contributed by atoms with Crippen LogP contribution in [0.4, 0.5) is 0 Å². The van der Waals surface area contributed by atoms with Crippen molar-refractivity contribution in [1.82, 2.24) is 9.88 Å². The van der Waals surface area contributed by atoms with Crippen LogP contribution in [-0.2, 0) is 5.41 Å². The summed E-state index contributed by atoms with van der Waals surface area (Å²) in [5.74, 6) is 1.53. The Morgan fingerprint density at radius 1 is 0.517 bits per heavy atom. The van der Waals surface area contributed by atoms with Crippen LogP contribution in [-0.4, -0.2) is 16.2 Å². The van der Waals surface area contributed by atoms with E-state index >= 15 is 0 Å². The SMILES string of the molecule is CC1(C)c2ccccc2-c2c(n(-c3cccc(-c4cccc(C5N=C(c6ccccc6)N=C(c6ccccc6)N5)c4)c3)c3c2ccc2ccccc23)-c2ccccc21. The molecule has 1 unspecified atom stereocenters. The molecule has 0 spiro atoms. The molecule has 11 rings (SSSR count). The summed E-state index contributed by atoms with van der Waals surface area (Å²) in [6.07, 6.45) is -0.318. The molecule has 276 valence electrons. The van der Waals surface area contributed by atoms with Crippen LogP contribution >= 0.6 is 0 Å². The highest BCUT2D eigenvalue weighted by Crippen LogP contribution is 2.53. The molecule has 1 aliphatic carbocycles. The van der Waals surface area contributed by atoms with Gasteiger partial charge in [-0.15, -0.1) is 0 Å².